The van der Waals surface area contributed by atoms with Gasteiger partial charge in [-0.25, -0.2) is 9.37 Å². The Balaban J connectivity index is 2.03. The second-order valence-corrected chi connectivity index (χ2v) is 3.03. The second kappa shape index (κ2) is 4.52. The Morgan fingerprint density at radius 2 is 2.06 bits per heavy atom. The van der Waals surface area contributed by atoms with Gasteiger partial charge < -0.3 is 10.5 Å². The summed E-state index contributed by atoms with van der Waals surface area (Å²) in [5.74, 6) is -0.879. The molecule has 82 valence electrons. The first-order valence-electron chi connectivity index (χ1n) is 4.55. The molecule has 0 aromatic carbocycles. The molecule has 0 unspecified atom stereocenters. The average molecular weight is 220 g/mol. The van der Waals surface area contributed by atoms with E-state index in [0.29, 0.717) is 0 Å². The molecule has 0 saturated heterocycles. The molecule has 2 heterocycles. The molecule has 0 bridgehead atoms. The average Bonchev–Trinajstić information content (AvgIpc) is 2.32. The molecule has 0 spiro atoms. The molecule has 0 aliphatic heterocycles. The molecular weight excluding hydrogens is 211 g/mol. The number of aromatic nitrogens is 3. The van der Waals surface area contributed by atoms with Crippen LogP contribution in [0.4, 0.5) is 10.2 Å². The Bertz CT molecular complexity index is 478. The first-order chi connectivity index (χ1) is 7.75. The van der Waals surface area contributed by atoms with Crippen molar-refractivity contribution in [2.75, 3.05) is 5.73 Å². The van der Waals surface area contributed by atoms with Gasteiger partial charge in [0.25, 0.3) is 0 Å². The Kier molecular flexibility index (Phi) is 2.90. The molecule has 0 fully saturated rings. The van der Waals surface area contributed by atoms with Crippen LogP contribution in [0, 0.1) is 5.82 Å². The number of hydrogen-bond acceptors (Lipinski definition) is 5. The molecule has 2 rings (SSSR count). The van der Waals surface area contributed by atoms with Crippen LogP contribution in [0.3, 0.4) is 0 Å². The third-order valence-electron chi connectivity index (χ3n) is 1.87. The Morgan fingerprint density at radius 1 is 1.31 bits per heavy atom. The highest BCUT2D eigenvalue weighted by atomic mass is 19.1. The van der Waals surface area contributed by atoms with Crippen molar-refractivity contribution in [3.05, 3.63) is 42.1 Å². The third kappa shape index (κ3) is 2.41. The number of ether oxygens (including phenoxy) is 1. The molecule has 0 aliphatic rings. The van der Waals surface area contributed by atoms with Crippen LogP contribution in [0.2, 0.25) is 0 Å². The molecular formula is C10H9FN4O. The van der Waals surface area contributed by atoms with Gasteiger partial charge >= 0.3 is 6.01 Å². The van der Waals surface area contributed by atoms with E-state index in [4.69, 9.17) is 10.5 Å². The summed E-state index contributed by atoms with van der Waals surface area (Å²) in [6, 6.07) is 3.65. The van der Waals surface area contributed by atoms with E-state index in [9.17, 15) is 4.39 Å². The summed E-state index contributed by atoms with van der Waals surface area (Å²) in [7, 11) is 0. The highest BCUT2D eigenvalue weighted by molar-refractivity contribution is 5.29. The van der Waals surface area contributed by atoms with Crippen LogP contribution in [0.25, 0.3) is 0 Å². The van der Waals surface area contributed by atoms with E-state index in [2.05, 4.69) is 15.0 Å². The Morgan fingerprint density at radius 3 is 2.75 bits per heavy atom. The quantitative estimate of drug-likeness (QED) is 0.840. The number of halogens is 1. The van der Waals surface area contributed by atoms with Crippen LogP contribution in [0.15, 0.2) is 30.7 Å². The fourth-order valence-corrected chi connectivity index (χ4v) is 1.06. The number of anilines is 1. The van der Waals surface area contributed by atoms with Gasteiger partial charge in [-0.15, -0.1) is 0 Å². The molecule has 0 amide bonds. The van der Waals surface area contributed by atoms with Gasteiger partial charge in [0.15, 0.2) is 11.6 Å². The van der Waals surface area contributed by atoms with Gasteiger partial charge in [0.05, 0.1) is 6.20 Å². The molecule has 0 radical (unpaired) electrons. The van der Waals surface area contributed by atoms with Crippen molar-refractivity contribution in [2.45, 2.75) is 6.61 Å². The number of nitrogens with two attached hydrogens (primary N) is 1. The smallest absolute Gasteiger partial charge is 0.318 e. The summed E-state index contributed by atoms with van der Waals surface area (Å²) in [5.41, 5.74) is 6.19. The first-order valence-corrected chi connectivity index (χ1v) is 4.55. The van der Waals surface area contributed by atoms with Crippen molar-refractivity contribution in [1.29, 1.82) is 0 Å². The van der Waals surface area contributed by atoms with E-state index in [-0.39, 0.29) is 18.4 Å². The summed E-state index contributed by atoms with van der Waals surface area (Å²) < 4.78 is 18.0. The summed E-state index contributed by atoms with van der Waals surface area (Å²) in [4.78, 5) is 11.2. The lowest BCUT2D eigenvalue weighted by atomic mass is 10.3. The van der Waals surface area contributed by atoms with Crippen LogP contribution in [0.1, 0.15) is 5.56 Å². The van der Waals surface area contributed by atoms with Gasteiger partial charge in [-0.1, -0.05) is 0 Å². The highest BCUT2D eigenvalue weighted by Gasteiger charge is 2.04. The maximum atomic E-state index is 12.7. The second-order valence-electron chi connectivity index (χ2n) is 3.03. The Labute approximate surface area is 91.1 Å². The molecule has 2 aromatic heterocycles. The normalized spacial score (nSPS) is 10.1. The van der Waals surface area contributed by atoms with E-state index >= 15 is 0 Å². The van der Waals surface area contributed by atoms with Gasteiger partial charge in [-0.2, -0.15) is 4.98 Å². The molecule has 0 atom stereocenters. The van der Waals surface area contributed by atoms with Crippen molar-refractivity contribution in [3.8, 4) is 6.01 Å². The van der Waals surface area contributed by atoms with Gasteiger partial charge in [-0.05, 0) is 17.7 Å². The van der Waals surface area contributed by atoms with Crippen LogP contribution in [-0.4, -0.2) is 15.0 Å². The molecule has 0 saturated carbocycles. The fraction of sp³-hybridized carbons (Fsp3) is 0.100. The molecule has 6 heteroatoms. The molecule has 2 N–H and O–H groups in total. The third-order valence-corrected chi connectivity index (χ3v) is 1.87. The van der Waals surface area contributed by atoms with Crippen molar-refractivity contribution < 1.29 is 9.13 Å². The summed E-state index contributed by atoms with van der Waals surface area (Å²) in [6.07, 6.45) is 4.28. The fourth-order valence-electron chi connectivity index (χ4n) is 1.06. The minimum Gasteiger partial charge on any atom is -0.459 e. The van der Waals surface area contributed by atoms with E-state index in [1.807, 2.05) is 0 Å². The summed E-state index contributed by atoms with van der Waals surface area (Å²) in [6.45, 7) is 0.285. The van der Waals surface area contributed by atoms with E-state index < -0.39 is 5.82 Å². The van der Waals surface area contributed by atoms with Crippen molar-refractivity contribution in [1.82, 2.24) is 15.0 Å². The Hall–Kier alpha value is -2.24. The lowest BCUT2D eigenvalue weighted by molar-refractivity contribution is 0.280. The highest BCUT2D eigenvalue weighted by Crippen LogP contribution is 2.10. The molecule has 2 aromatic rings. The van der Waals surface area contributed by atoms with Gasteiger partial charge in [-0.3, -0.25) is 4.98 Å². The zero-order chi connectivity index (χ0) is 11.4. The molecule has 0 aliphatic carbocycles. The maximum Gasteiger partial charge on any atom is 0.318 e. The number of nitrogen functional groups attached to an aromatic ring is 1. The van der Waals surface area contributed by atoms with Crippen LogP contribution in [-0.2, 0) is 6.61 Å². The van der Waals surface area contributed by atoms with E-state index in [1.165, 1.54) is 0 Å². The van der Waals surface area contributed by atoms with Crippen LogP contribution < -0.4 is 10.5 Å². The number of nitrogens with zero attached hydrogens (tertiary/aromatic N) is 3. The minimum atomic E-state index is -0.656. The first kappa shape index (κ1) is 10.3. The van der Waals surface area contributed by atoms with Crippen molar-refractivity contribution in [2.24, 2.45) is 0 Å². The van der Waals surface area contributed by atoms with Crippen molar-refractivity contribution in [3.63, 3.8) is 0 Å². The maximum absolute atomic E-state index is 12.7. The van der Waals surface area contributed by atoms with E-state index in [0.717, 1.165) is 11.8 Å². The number of rotatable bonds is 3. The molecule has 5 nitrogen and oxygen atoms in total. The zero-order valence-corrected chi connectivity index (χ0v) is 8.30. The van der Waals surface area contributed by atoms with E-state index in [1.54, 1.807) is 24.5 Å². The largest absolute Gasteiger partial charge is 0.459 e. The van der Waals surface area contributed by atoms with Crippen LogP contribution in [0.5, 0.6) is 6.01 Å². The lowest BCUT2D eigenvalue weighted by Crippen LogP contribution is -2.03. The predicted octanol–water partition coefficient (Wildman–Crippen LogP) is 1.17. The van der Waals surface area contributed by atoms with Crippen LogP contribution >= 0.6 is 0 Å². The zero-order valence-electron chi connectivity index (χ0n) is 8.30. The lowest BCUT2D eigenvalue weighted by Gasteiger charge is -2.04. The van der Waals surface area contributed by atoms with Gasteiger partial charge in [0, 0.05) is 12.4 Å². The monoisotopic (exact) mass is 220 g/mol. The number of pyridine rings is 1. The minimum absolute atomic E-state index is 0.0516. The van der Waals surface area contributed by atoms with Gasteiger partial charge in [0.2, 0.25) is 0 Å². The van der Waals surface area contributed by atoms with Crippen molar-refractivity contribution >= 4 is 5.82 Å². The van der Waals surface area contributed by atoms with Gasteiger partial charge in [0.1, 0.15) is 6.61 Å². The predicted molar refractivity (Wildman–Crippen MR) is 55.0 cm³/mol. The standard InChI is InChI=1S/C10H9FN4O/c11-8-5-14-10(15-9(8)12)16-6-7-1-3-13-4-2-7/h1-5H,6H2,(H2,12,14,15). The molecule has 16 heavy (non-hydrogen) atoms. The SMILES string of the molecule is Nc1nc(OCc2ccncc2)ncc1F. The summed E-state index contributed by atoms with van der Waals surface area (Å²) >= 11 is 0. The topological polar surface area (TPSA) is 73.9 Å². The number of hydrogen-bond donors (Lipinski definition) is 1. The summed E-state index contributed by atoms with van der Waals surface area (Å²) in [5, 5.41) is 0.